The quantitative estimate of drug-likeness (QED) is 0.745. The summed E-state index contributed by atoms with van der Waals surface area (Å²) in [5.74, 6) is 0.468. The van der Waals surface area contributed by atoms with Crippen LogP contribution in [0, 0.1) is 0 Å². The fraction of sp³-hybridized carbons (Fsp3) is 0.550. The highest BCUT2D eigenvalue weighted by Crippen LogP contribution is 2.09. The van der Waals surface area contributed by atoms with Crippen LogP contribution in [0.2, 0.25) is 0 Å². The number of rotatable bonds is 7. The summed E-state index contributed by atoms with van der Waals surface area (Å²) in [6.07, 6.45) is 0. The third-order valence-electron chi connectivity index (χ3n) is 4.70. The van der Waals surface area contributed by atoms with Crippen LogP contribution in [0.4, 0.5) is 4.79 Å². The van der Waals surface area contributed by atoms with Crippen LogP contribution < -0.4 is 5.32 Å². The number of hydrogen-bond donors (Lipinski definition) is 1. The molecule has 28 heavy (non-hydrogen) atoms. The molecule has 0 radical (unpaired) electrons. The molecule has 1 heterocycles. The second-order valence-corrected chi connectivity index (χ2v) is 8.32. The Morgan fingerprint density at radius 2 is 1.79 bits per heavy atom. The zero-order chi connectivity index (χ0) is 20.5. The van der Waals surface area contributed by atoms with Crippen molar-refractivity contribution in [1.82, 2.24) is 20.0 Å². The Bertz CT molecular complexity index is 663. The zero-order valence-electron chi connectivity index (χ0n) is 16.9. The third kappa shape index (κ3) is 7.16. The van der Waals surface area contributed by atoms with E-state index in [0.29, 0.717) is 31.9 Å². The van der Waals surface area contributed by atoms with Crippen molar-refractivity contribution >= 4 is 28.8 Å². The molecule has 8 heteroatoms. The van der Waals surface area contributed by atoms with Gasteiger partial charge in [0.25, 0.3) is 0 Å². The van der Waals surface area contributed by atoms with Crippen molar-refractivity contribution in [3.05, 3.63) is 35.9 Å². The van der Waals surface area contributed by atoms with E-state index in [0.717, 1.165) is 18.7 Å². The summed E-state index contributed by atoms with van der Waals surface area (Å²) in [7, 11) is 2.04. The molecule has 0 bridgehead atoms. The maximum Gasteiger partial charge on any atom is 0.318 e. The molecule has 7 nitrogen and oxygen atoms in total. The maximum atomic E-state index is 12.8. The van der Waals surface area contributed by atoms with Crippen molar-refractivity contribution in [2.75, 3.05) is 45.5 Å². The van der Waals surface area contributed by atoms with Crippen molar-refractivity contribution in [3.63, 3.8) is 0 Å². The van der Waals surface area contributed by atoms with Crippen LogP contribution in [0.3, 0.4) is 0 Å². The van der Waals surface area contributed by atoms with E-state index >= 15 is 0 Å². The van der Waals surface area contributed by atoms with Gasteiger partial charge in [0.15, 0.2) is 5.12 Å². The van der Waals surface area contributed by atoms with E-state index in [9.17, 15) is 14.4 Å². The van der Waals surface area contributed by atoms with Gasteiger partial charge in [-0.05, 0) is 19.5 Å². The van der Waals surface area contributed by atoms with E-state index in [1.165, 1.54) is 18.7 Å². The number of thioether (sulfide) groups is 1. The number of likely N-dealkylation sites (N-methyl/N-ethyl adjacent to an activating group) is 1. The highest BCUT2D eigenvalue weighted by atomic mass is 32.2. The predicted molar refractivity (Wildman–Crippen MR) is 112 cm³/mol. The van der Waals surface area contributed by atoms with Crippen molar-refractivity contribution in [1.29, 1.82) is 0 Å². The number of carbonyl (C=O) groups excluding carboxylic acids is 3. The lowest BCUT2D eigenvalue weighted by Crippen LogP contribution is -2.55. The minimum atomic E-state index is -0.588. The summed E-state index contributed by atoms with van der Waals surface area (Å²) in [6.45, 7) is 7.15. The molecular weight excluding hydrogens is 376 g/mol. The highest BCUT2D eigenvalue weighted by Gasteiger charge is 2.26. The predicted octanol–water partition coefficient (Wildman–Crippen LogP) is 1.64. The van der Waals surface area contributed by atoms with E-state index in [4.69, 9.17) is 0 Å². The smallest absolute Gasteiger partial charge is 0.318 e. The monoisotopic (exact) mass is 406 g/mol. The van der Waals surface area contributed by atoms with E-state index in [-0.39, 0.29) is 17.1 Å². The second kappa shape index (κ2) is 11.1. The van der Waals surface area contributed by atoms with Gasteiger partial charge in [0.2, 0.25) is 5.91 Å². The first-order valence-corrected chi connectivity index (χ1v) is 10.6. The molecule has 1 aliphatic rings. The number of nitrogens with zero attached hydrogens (tertiary/aromatic N) is 3. The van der Waals surface area contributed by atoms with Gasteiger partial charge in [-0.1, -0.05) is 42.1 Å². The van der Waals surface area contributed by atoms with Gasteiger partial charge < -0.3 is 20.0 Å². The molecule has 0 aromatic heterocycles. The van der Waals surface area contributed by atoms with Crippen LogP contribution in [0.5, 0.6) is 0 Å². The molecule has 1 aromatic carbocycles. The normalized spacial score (nSPS) is 15.8. The summed E-state index contributed by atoms with van der Waals surface area (Å²) >= 11 is 1.20. The molecule has 1 N–H and O–H groups in total. The minimum Gasteiger partial charge on any atom is -0.338 e. The molecule has 0 saturated carbocycles. The zero-order valence-corrected chi connectivity index (χ0v) is 17.7. The molecule has 1 saturated heterocycles. The first-order valence-electron chi connectivity index (χ1n) is 9.57. The van der Waals surface area contributed by atoms with Gasteiger partial charge in [-0.15, -0.1) is 0 Å². The van der Waals surface area contributed by atoms with Gasteiger partial charge in [-0.2, -0.15) is 0 Å². The Kier molecular flexibility index (Phi) is 8.79. The number of nitrogens with one attached hydrogen (secondary N) is 1. The summed E-state index contributed by atoms with van der Waals surface area (Å²) in [5, 5.41) is 2.86. The van der Waals surface area contributed by atoms with Crippen molar-refractivity contribution in [2.24, 2.45) is 0 Å². The van der Waals surface area contributed by atoms with Crippen LogP contribution in [-0.2, 0) is 16.1 Å². The average Bonchev–Trinajstić information content (AvgIpc) is 2.67. The van der Waals surface area contributed by atoms with Crippen molar-refractivity contribution in [2.45, 2.75) is 26.4 Å². The lowest BCUT2D eigenvalue weighted by atomic mass is 10.2. The third-order valence-corrected chi connectivity index (χ3v) is 5.49. The van der Waals surface area contributed by atoms with E-state index in [2.05, 4.69) is 10.2 Å². The second-order valence-electron chi connectivity index (χ2n) is 7.05. The molecular formula is C20H30N4O3S. The highest BCUT2D eigenvalue weighted by molar-refractivity contribution is 8.13. The fourth-order valence-corrected chi connectivity index (χ4v) is 3.59. The lowest BCUT2D eigenvalue weighted by Gasteiger charge is -2.34. The Morgan fingerprint density at radius 3 is 2.39 bits per heavy atom. The molecule has 0 aliphatic carbocycles. The number of amides is 3. The summed E-state index contributed by atoms with van der Waals surface area (Å²) in [4.78, 5) is 42.3. The number of carbonyl (C=O) groups is 3. The van der Waals surface area contributed by atoms with Crippen LogP contribution in [0.15, 0.2) is 30.3 Å². The molecule has 1 aliphatic heterocycles. The first kappa shape index (κ1) is 22.2. The summed E-state index contributed by atoms with van der Waals surface area (Å²) < 4.78 is 0. The Morgan fingerprint density at radius 1 is 1.14 bits per heavy atom. The number of benzene rings is 1. The summed E-state index contributed by atoms with van der Waals surface area (Å²) in [5.41, 5.74) is 1.00. The molecule has 1 fully saturated rings. The Hall–Kier alpha value is -2.06. The van der Waals surface area contributed by atoms with Crippen LogP contribution in [0.1, 0.15) is 19.4 Å². The molecule has 154 valence electrons. The van der Waals surface area contributed by atoms with Gasteiger partial charge >= 0.3 is 6.03 Å². The fourth-order valence-electron chi connectivity index (χ4n) is 2.99. The van der Waals surface area contributed by atoms with E-state index in [1.807, 2.05) is 37.4 Å². The van der Waals surface area contributed by atoms with Crippen molar-refractivity contribution in [3.8, 4) is 0 Å². The molecule has 1 aromatic rings. The topological polar surface area (TPSA) is 73.0 Å². The van der Waals surface area contributed by atoms with Gasteiger partial charge in [0.1, 0.15) is 6.04 Å². The van der Waals surface area contributed by atoms with Gasteiger partial charge in [-0.25, -0.2) is 4.79 Å². The SMILES string of the molecule is CC(=O)SCCN(Cc1ccccc1)C(=O)N[C@@H](C)C(=O)N1CCN(C)CC1. The molecule has 3 amide bonds. The van der Waals surface area contributed by atoms with E-state index < -0.39 is 6.04 Å². The average molecular weight is 407 g/mol. The maximum absolute atomic E-state index is 12.8. The Labute approximate surface area is 171 Å². The molecule has 2 rings (SSSR count). The lowest BCUT2D eigenvalue weighted by molar-refractivity contribution is -0.134. The van der Waals surface area contributed by atoms with Crippen molar-refractivity contribution < 1.29 is 14.4 Å². The first-order chi connectivity index (χ1) is 13.4. The largest absolute Gasteiger partial charge is 0.338 e. The van der Waals surface area contributed by atoms with Gasteiger partial charge in [0.05, 0.1) is 0 Å². The molecule has 0 spiro atoms. The van der Waals surface area contributed by atoms with Gasteiger partial charge in [0, 0.05) is 51.9 Å². The standard InChI is InChI=1S/C20H30N4O3S/c1-16(19(26)23-11-9-22(3)10-12-23)21-20(27)24(13-14-28-17(2)25)15-18-7-5-4-6-8-18/h4-8,16H,9-15H2,1-3H3,(H,21,27)/t16-/m0/s1. The molecule has 0 unspecified atom stereocenters. The number of hydrogen-bond acceptors (Lipinski definition) is 5. The van der Waals surface area contributed by atoms with Gasteiger partial charge in [-0.3, -0.25) is 9.59 Å². The number of urea groups is 1. The van der Waals surface area contributed by atoms with Crippen LogP contribution in [-0.4, -0.2) is 83.3 Å². The van der Waals surface area contributed by atoms with E-state index in [1.54, 1.807) is 16.7 Å². The molecule has 1 atom stereocenters. The minimum absolute atomic E-state index is 0.0266. The van der Waals surface area contributed by atoms with Crippen LogP contribution in [0.25, 0.3) is 0 Å². The summed E-state index contributed by atoms with van der Waals surface area (Å²) in [6, 6.07) is 8.81. The van der Waals surface area contributed by atoms with Crippen LogP contribution >= 0.6 is 11.8 Å². The Balaban J connectivity index is 1.95. The number of piperazine rings is 1.